The summed E-state index contributed by atoms with van der Waals surface area (Å²) >= 11 is 0. The Morgan fingerprint density at radius 2 is 2.00 bits per heavy atom. The predicted octanol–water partition coefficient (Wildman–Crippen LogP) is 1.90. The highest BCUT2D eigenvalue weighted by Gasteiger charge is 2.08. The molecule has 2 aromatic heterocycles. The molecule has 3 aromatic rings. The van der Waals surface area contributed by atoms with Crippen LogP contribution in [-0.2, 0) is 6.61 Å². The van der Waals surface area contributed by atoms with Gasteiger partial charge in [0.25, 0.3) is 0 Å². The van der Waals surface area contributed by atoms with E-state index in [4.69, 9.17) is 15.2 Å². The van der Waals surface area contributed by atoms with E-state index in [0.29, 0.717) is 29.5 Å². The van der Waals surface area contributed by atoms with Gasteiger partial charge in [0.1, 0.15) is 18.1 Å². The van der Waals surface area contributed by atoms with Crippen molar-refractivity contribution in [1.29, 1.82) is 0 Å². The standard InChI is InChI=1S/C14H14N4O2/c1-19-10-4-2-5-11(8-10)20-9-13-16-17-14-12(15)6-3-7-18(13)14/h2-8H,9,15H2,1H3. The van der Waals surface area contributed by atoms with Crippen molar-refractivity contribution in [2.24, 2.45) is 0 Å². The lowest BCUT2D eigenvalue weighted by atomic mass is 10.3. The second-order valence-electron chi connectivity index (χ2n) is 4.24. The summed E-state index contributed by atoms with van der Waals surface area (Å²) in [6.45, 7) is 0.303. The van der Waals surface area contributed by atoms with Gasteiger partial charge in [-0.1, -0.05) is 6.07 Å². The monoisotopic (exact) mass is 270 g/mol. The fourth-order valence-corrected chi connectivity index (χ4v) is 1.92. The van der Waals surface area contributed by atoms with Crippen LogP contribution in [0.5, 0.6) is 11.5 Å². The quantitative estimate of drug-likeness (QED) is 0.783. The molecule has 3 rings (SSSR count). The van der Waals surface area contributed by atoms with Gasteiger partial charge in [0.15, 0.2) is 11.5 Å². The zero-order valence-corrected chi connectivity index (χ0v) is 11.0. The molecule has 1 aromatic carbocycles. The van der Waals surface area contributed by atoms with E-state index in [0.717, 1.165) is 5.75 Å². The number of aromatic nitrogens is 3. The van der Waals surface area contributed by atoms with Crippen molar-refractivity contribution in [3.05, 3.63) is 48.4 Å². The molecule has 0 atom stereocenters. The highest BCUT2D eigenvalue weighted by Crippen LogP contribution is 2.20. The molecular formula is C14H14N4O2. The number of fused-ring (bicyclic) bond motifs is 1. The number of pyridine rings is 1. The summed E-state index contributed by atoms with van der Waals surface area (Å²) in [4.78, 5) is 0. The molecule has 0 saturated heterocycles. The molecule has 102 valence electrons. The Hall–Kier alpha value is -2.76. The van der Waals surface area contributed by atoms with Gasteiger partial charge in [-0.3, -0.25) is 4.40 Å². The van der Waals surface area contributed by atoms with Crippen LogP contribution >= 0.6 is 0 Å². The molecule has 0 radical (unpaired) electrons. The van der Waals surface area contributed by atoms with Crippen LogP contribution in [0.4, 0.5) is 5.69 Å². The van der Waals surface area contributed by atoms with Crippen molar-refractivity contribution >= 4 is 11.3 Å². The first-order valence-corrected chi connectivity index (χ1v) is 6.13. The maximum Gasteiger partial charge on any atom is 0.184 e. The zero-order chi connectivity index (χ0) is 13.9. The molecule has 0 amide bonds. The molecule has 6 nitrogen and oxygen atoms in total. The average Bonchev–Trinajstić information content (AvgIpc) is 2.90. The van der Waals surface area contributed by atoms with Gasteiger partial charge in [0, 0.05) is 12.3 Å². The number of nitrogen functional groups attached to an aromatic ring is 1. The molecule has 0 bridgehead atoms. The molecule has 2 N–H and O–H groups in total. The lowest BCUT2D eigenvalue weighted by Gasteiger charge is -2.06. The van der Waals surface area contributed by atoms with Crippen LogP contribution in [0.25, 0.3) is 5.65 Å². The first-order valence-electron chi connectivity index (χ1n) is 6.13. The van der Waals surface area contributed by atoms with Crippen LogP contribution in [0.3, 0.4) is 0 Å². The third-order valence-corrected chi connectivity index (χ3v) is 2.94. The highest BCUT2D eigenvalue weighted by atomic mass is 16.5. The van der Waals surface area contributed by atoms with Gasteiger partial charge in [-0.05, 0) is 24.3 Å². The summed E-state index contributed by atoms with van der Waals surface area (Å²) in [7, 11) is 1.62. The minimum Gasteiger partial charge on any atom is -0.497 e. The minimum absolute atomic E-state index is 0.303. The molecule has 0 saturated carbocycles. The number of nitrogens with two attached hydrogens (primary N) is 1. The van der Waals surface area contributed by atoms with Gasteiger partial charge < -0.3 is 15.2 Å². The summed E-state index contributed by atoms with van der Waals surface area (Å²) in [5.74, 6) is 2.15. The Balaban J connectivity index is 1.81. The molecule has 6 heteroatoms. The van der Waals surface area contributed by atoms with Gasteiger partial charge in [0.2, 0.25) is 0 Å². The number of benzene rings is 1. The van der Waals surface area contributed by atoms with E-state index >= 15 is 0 Å². The molecule has 20 heavy (non-hydrogen) atoms. The Kier molecular flexibility index (Phi) is 3.12. The number of hydrogen-bond donors (Lipinski definition) is 1. The Morgan fingerprint density at radius 1 is 1.15 bits per heavy atom. The van der Waals surface area contributed by atoms with Crippen molar-refractivity contribution in [1.82, 2.24) is 14.6 Å². The van der Waals surface area contributed by atoms with Crippen molar-refractivity contribution in [2.45, 2.75) is 6.61 Å². The molecule has 0 aliphatic carbocycles. The van der Waals surface area contributed by atoms with Crippen LogP contribution < -0.4 is 15.2 Å². The van der Waals surface area contributed by atoms with Gasteiger partial charge in [-0.15, -0.1) is 10.2 Å². The molecule has 0 aliphatic rings. The lowest BCUT2D eigenvalue weighted by Crippen LogP contribution is -2.02. The predicted molar refractivity (Wildman–Crippen MR) is 74.7 cm³/mol. The van der Waals surface area contributed by atoms with Crippen LogP contribution in [0.15, 0.2) is 42.6 Å². The van der Waals surface area contributed by atoms with Gasteiger partial charge in [-0.25, -0.2) is 0 Å². The smallest absolute Gasteiger partial charge is 0.184 e. The Morgan fingerprint density at radius 3 is 2.85 bits per heavy atom. The summed E-state index contributed by atoms with van der Waals surface area (Å²) in [6.07, 6.45) is 1.86. The summed E-state index contributed by atoms with van der Waals surface area (Å²) < 4.78 is 12.7. The zero-order valence-electron chi connectivity index (χ0n) is 11.0. The molecule has 0 aliphatic heterocycles. The molecule has 0 spiro atoms. The first-order chi connectivity index (χ1) is 9.78. The molecule has 0 fully saturated rings. The fourth-order valence-electron chi connectivity index (χ4n) is 1.92. The average molecular weight is 270 g/mol. The number of methoxy groups -OCH3 is 1. The third kappa shape index (κ3) is 2.23. The van der Waals surface area contributed by atoms with Crippen LogP contribution in [0.2, 0.25) is 0 Å². The SMILES string of the molecule is COc1cccc(OCc2nnc3c(N)cccn23)c1. The Bertz CT molecular complexity index is 739. The van der Waals surface area contributed by atoms with E-state index in [2.05, 4.69) is 10.2 Å². The second kappa shape index (κ2) is 5.08. The summed E-state index contributed by atoms with van der Waals surface area (Å²) in [6, 6.07) is 11.0. The van der Waals surface area contributed by atoms with E-state index in [1.54, 1.807) is 13.2 Å². The van der Waals surface area contributed by atoms with Crippen molar-refractivity contribution in [3.63, 3.8) is 0 Å². The maximum atomic E-state index is 5.83. The fraction of sp³-hybridized carbons (Fsp3) is 0.143. The Labute approximate surface area is 115 Å². The van der Waals surface area contributed by atoms with Crippen LogP contribution in [0, 0.1) is 0 Å². The van der Waals surface area contributed by atoms with Crippen molar-refractivity contribution in [2.75, 3.05) is 12.8 Å². The van der Waals surface area contributed by atoms with Gasteiger partial charge in [-0.2, -0.15) is 0 Å². The number of anilines is 1. The normalized spacial score (nSPS) is 10.7. The van der Waals surface area contributed by atoms with E-state index in [1.165, 1.54) is 0 Å². The number of nitrogens with zero attached hydrogens (tertiary/aromatic N) is 3. The summed E-state index contributed by atoms with van der Waals surface area (Å²) in [5, 5.41) is 8.14. The van der Waals surface area contributed by atoms with Crippen molar-refractivity contribution in [3.8, 4) is 11.5 Å². The van der Waals surface area contributed by atoms with Gasteiger partial charge in [0.05, 0.1) is 12.8 Å². The number of ether oxygens (including phenoxy) is 2. The van der Waals surface area contributed by atoms with E-state index in [1.807, 2.05) is 40.9 Å². The van der Waals surface area contributed by atoms with Crippen LogP contribution in [0.1, 0.15) is 5.82 Å². The van der Waals surface area contributed by atoms with E-state index in [9.17, 15) is 0 Å². The summed E-state index contributed by atoms with van der Waals surface area (Å²) in [5.41, 5.74) is 7.06. The van der Waals surface area contributed by atoms with E-state index < -0.39 is 0 Å². The topological polar surface area (TPSA) is 74.7 Å². The third-order valence-electron chi connectivity index (χ3n) is 2.94. The van der Waals surface area contributed by atoms with Crippen LogP contribution in [-0.4, -0.2) is 21.7 Å². The lowest BCUT2D eigenvalue weighted by molar-refractivity contribution is 0.292. The highest BCUT2D eigenvalue weighted by molar-refractivity contribution is 5.63. The largest absolute Gasteiger partial charge is 0.497 e. The maximum absolute atomic E-state index is 5.83. The first kappa shape index (κ1) is 12.3. The minimum atomic E-state index is 0.303. The second-order valence-corrected chi connectivity index (χ2v) is 4.24. The van der Waals surface area contributed by atoms with Crippen molar-refractivity contribution < 1.29 is 9.47 Å². The van der Waals surface area contributed by atoms with Gasteiger partial charge >= 0.3 is 0 Å². The number of hydrogen-bond acceptors (Lipinski definition) is 5. The molecule has 2 heterocycles. The molecular weight excluding hydrogens is 256 g/mol. The van der Waals surface area contributed by atoms with E-state index in [-0.39, 0.29) is 0 Å². The number of rotatable bonds is 4. The molecule has 0 unspecified atom stereocenters.